The Balaban J connectivity index is 0.00000243. The summed E-state index contributed by atoms with van der Waals surface area (Å²) in [6.45, 7) is 3.37. The number of piperidine rings is 1. The SMILES string of the molecule is CC1NCCCC1NC(=O)c1cccc(COc2cccc(F)c2)c1.Cl. The number of amides is 1. The molecule has 2 aromatic carbocycles. The maximum atomic E-state index is 13.2. The van der Waals surface area contributed by atoms with Crippen molar-refractivity contribution in [1.82, 2.24) is 10.6 Å². The lowest BCUT2D eigenvalue weighted by Gasteiger charge is -2.30. The standard InChI is InChI=1S/C20H23FN2O2.ClH/c1-14-19(9-4-10-22-14)23-20(24)16-6-2-5-15(11-16)13-25-18-8-3-7-17(21)12-18;/h2-3,5-8,11-12,14,19,22H,4,9-10,13H2,1H3,(H,23,24);1H. The smallest absolute Gasteiger partial charge is 0.251 e. The van der Waals surface area contributed by atoms with Crippen LogP contribution in [0.1, 0.15) is 35.7 Å². The zero-order chi connectivity index (χ0) is 17.6. The van der Waals surface area contributed by atoms with Crippen LogP contribution >= 0.6 is 12.4 Å². The minimum atomic E-state index is -0.333. The normalized spacial score (nSPS) is 19.3. The van der Waals surface area contributed by atoms with Crippen LogP contribution in [-0.2, 0) is 6.61 Å². The van der Waals surface area contributed by atoms with Gasteiger partial charge in [0, 0.05) is 23.7 Å². The summed E-state index contributed by atoms with van der Waals surface area (Å²) < 4.78 is 18.8. The number of halogens is 2. The lowest BCUT2D eigenvalue weighted by molar-refractivity contribution is 0.0919. The van der Waals surface area contributed by atoms with E-state index in [9.17, 15) is 9.18 Å². The number of benzene rings is 2. The van der Waals surface area contributed by atoms with Crippen molar-refractivity contribution >= 4 is 18.3 Å². The van der Waals surface area contributed by atoms with Gasteiger partial charge in [0.2, 0.25) is 0 Å². The fourth-order valence-electron chi connectivity index (χ4n) is 3.02. The van der Waals surface area contributed by atoms with E-state index < -0.39 is 0 Å². The van der Waals surface area contributed by atoms with Crippen LogP contribution in [0.25, 0.3) is 0 Å². The average Bonchev–Trinajstić information content (AvgIpc) is 2.62. The van der Waals surface area contributed by atoms with E-state index in [2.05, 4.69) is 17.6 Å². The Kier molecular flexibility index (Phi) is 7.42. The van der Waals surface area contributed by atoms with Gasteiger partial charge in [-0.2, -0.15) is 0 Å². The van der Waals surface area contributed by atoms with Crippen molar-refractivity contribution in [1.29, 1.82) is 0 Å². The Labute approximate surface area is 159 Å². The Hall–Kier alpha value is -2.11. The van der Waals surface area contributed by atoms with Gasteiger partial charge in [-0.3, -0.25) is 4.79 Å². The Morgan fingerprint density at radius 3 is 2.85 bits per heavy atom. The fraction of sp³-hybridized carbons (Fsp3) is 0.350. The van der Waals surface area contributed by atoms with Crippen LogP contribution in [0.5, 0.6) is 5.75 Å². The van der Waals surface area contributed by atoms with Crippen LogP contribution in [0.3, 0.4) is 0 Å². The third-order valence-corrected chi connectivity index (χ3v) is 4.47. The third-order valence-electron chi connectivity index (χ3n) is 4.47. The molecular formula is C20H24ClFN2O2. The van der Waals surface area contributed by atoms with Crippen LogP contribution in [0.15, 0.2) is 48.5 Å². The number of nitrogens with one attached hydrogen (secondary N) is 2. The van der Waals surface area contributed by atoms with Gasteiger partial charge in [-0.25, -0.2) is 4.39 Å². The largest absolute Gasteiger partial charge is 0.489 e. The van der Waals surface area contributed by atoms with E-state index in [-0.39, 0.29) is 42.8 Å². The van der Waals surface area contributed by atoms with Gasteiger partial charge < -0.3 is 15.4 Å². The molecule has 0 spiro atoms. The van der Waals surface area contributed by atoms with Gasteiger partial charge in [0.1, 0.15) is 18.2 Å². The van der Waals surface area contributed by atoms with E-state index in [1.165, 1.54) is 12.1 Å². The molecule has 1 amide bonds. The van der Waals surface area contributed by atoms with Crippen molar-refractivity contribution in [2.24, 2.45) is 0 Å². The molecule has 6 heteroatoms. The van der Waals surface area contributed by atoms with Gasteiger partial charge in [-0.1, -0.05) is 18.2 Å². The average molecular weight is 379 g/mol. The molecule has 0 radical (unpaired) electrons. The molecule has 2 unspecified atom stereocenters. The summed E-state index contributed by atoms with van der Waals surface area (Å²) >= 11 is 0. The second-order valence-corrected chi connectivity index (χ2v) is 6.41. The van der Waals surface area contributed by atoms with E-state index in [1.54, 1.807) is 18.2 Å². The molecule has 3 rings (SSSR count). The van der Waals surface area contributed by atoms with Crippen LogP contribution in [0.4, 0.5) is 4.39 Å². The molecule has 0 aromatic heterocycles. The minimum Gasteiger partial charge on any atom is -0.489 e. The summed E-state index contributed by atoms with van der Waals surface area (Å²) in [7, 11) is 0. The Morgan fingerprint density at radius 2 is 2.08 bits per heavy atom. The highest BCUT2D eigenvalue weighted by atomic mass is 35.5. The van der Waals surface area contributed by atoms with Gasteiger partial charge in [0.15, 0.2) is 0 Å². The minimum absolute atomic E-state index is 0. The number of rotatable bonds is 5. The van der Waals surface area contributed by atoms with Crippen LogP contribution < -0.4 is 15.4 Å². The van der Waals surface area contributed by atoms with E-state index >= 15 is 0 Å². The lowest BCUT2D eigenvalue weighted by atomic mass is 9.99. The van der Waals surface area contributed by atoms with Crippen LogP contribution in [-0.4, -0.2) is 24.5 Å². The van der Waals surface area contributed by atoms with Crippen molar-refractivity contribution in [3.05, 3.63) is 65.5 Å². The van der Waals surface area contributed by atoms with E-state index in [1.807, 2.05) is 18.2 Å². The Morgan fingerprint density at radius 1 is 1.27 bits per heavy atom. The van der Waals surface area contributed by atoms with Crippen molar-refractivity contribution in [2.45, 2.75) is 38.5 Å². The number of carbonyl (C=O) groups excluding carboxylic acids is 1. The monoisotopic (exact) mass is 378 g/mol. The first kappa shape index (κ1) is 20.2. The summed E-state index contributed by atoms with van der Waals surface area (Å²) in [5.41, 5.74) is 1.48. The van der Waals surface area contributed by atoms with Crippen LogP contribution in [0, 0.1) is 5.82 Å². The summed E-state index contributed by atoms with van der Waals surface area (Å²) in [6.07, 6.45) is 2.05. The lowest BCUT2D eigenvalue weighted by Crippen LogP contribution is -2.51. The first-order chi connectivity index (χ1) is 12.1. The molecule has 0 saturated carbocycles. The van der Waals surface area contributed by atoms with Crippen molar-refractivity contribution in [3.8, 4) is 5.75 Å². The molecule has 140 valence electrons. The molecule has 2 atom stereocenters. The zero-order valence-corrected chi connectivity index (χ0v) is 15.5. The quantitative estimate of drug-likeness (QED) is 0.834. The highest BCUT2D eigenvalue weighted by Crippen LogP contribution is 2.15. The van der Waals surface area contributed by atoms with Crippen molar-refractivity contribution in [2.75, 3.05) is 6.54 Å². The number of hydrogen-bond acceptors (Lipinski definition) is 3. The molecule has 2 aromatic rings. The van der Waals surface area contributed by atoms with Gasteiger partial charge in [-0.15, -0.1) is 12.4 Å². The second kappa shape index (κ2) is 9.55. The highest BCUT2D eigenvalue weighted by molar-refractivity contribution is 5.94. The summed E-state index contributed by atoms with van der Waals surface area (Å²) in [5, 5.41) is 6.48. The molecule has 1 aliphatic heterocycles. The molecule has 1 heterocycles. The predicted octanol–water partition coefficient (Wildman–Crippen LogP) is 3.70. The van der Waals surface area contributed by atoms with Crippen molar-refractivity contribution < 1.29 is 13.9 Å². The van der Waals surface area contributed by atoms with Gasteiger partial charge >= 0.3 is 0 Å². The highest BCUT2D eigenvalue weighted by Gasteiger charge is 2.22. The topological polar surface area (TPSA) is 50.4 Å². The Bertz CT molecular complexity index is 741. The predicted molar refractivity (Wildman–Crippen MR) is 102 cm³/mol. The van der Waals surface area contributed by atoms with Crippen molar-refractivity contribution in [3.63, 3.8) is 0 Å². The molecule has 1 saturated heterocycles. The maximum Gasteiger partial charge on any atom is 0.251 e. The van der Waals surface area contributed by atoms with Crippen LogP contribution in [0.2, 0.25) is 0 Å². The molecule has 1 fully saturated rings. The van der Waals surface area contributed by atoms with E-state index in [0.717, 1.165) is 24.9 Å². The number of carbonyl (C=O) groups is 1. The summed E-state index contributed by atoms with van der Waals surface area (Å²) in [4.78, 5) is 12.5. The van der Waals surface area contributed by atoms with E-state index in [4.69, 9.17) is 4.74 Å². The molecule has 1 aliphatic rings. The first-order valence-electron chi connectivity index (χ1n) is 8.63. The summed E-state index contributed by atoms with van der Waals surface area (Å²) in [5.74, 6) is 0.0611. The third kappa shape index (κ3) is 5.44. The second-order valence-electron chi connectivity index (χ2n) is 6.41. The fourth-order valence-corrected chi connectivity index (χ4v) is 3.02. The molecule has 0 bridgehead atoms. The molecule has 26 heavy (non-hydrogen) atoms. The molecular weight excluding hydrogens is 355 g/mol. The molecule has 4 nitrogen and oxygen atoms in total. The maximum absolute atomic E-state index is 13.2. The zero-order valence-electron chi connectivity index (χ0n) is 14.7. The summed E-state index contributed by atoms with van der Waals surface area (Å²) in [6, 6.07) is 13.8. The molecule has 0 aliphatic carbocycles. The van der Waals surface area contributed by atoms with E-state index in [0.29, 0.717) is 11.3 Å². The number of ether oxygens (including phenoxy) is 1. The molecule has 2 N–H and O–H groups in total. The number of hydrogen-bond donors (Lipinski definition) is 2. The first-order valence-corrected chi connectivity index (χ1v) is 8.63. The van der Waals surface area contributed by atoms with Gasteiger partial charge in [-0.05, 0) is 56.1 Å². The van der Waals surface area contributed by atoms with Gasteiger partial charge in [0.05, 0.1) is 0 Å². The van der Waals surface area contributed by atoms with Gasteiger partial charge in [0.25, 0.3) is 5.91 Å².